The van der Waals surface area contributed by atoms with E-state index in [2.05, 4.69) is 17.3 Å². The molecule has 0 fully saturated rings. The van der Waals surface area contributed by atoms with Crippen LogP contribution in [-0.4, -0.2) is 22.3 Å². The maximum absolute atomic E-state index is 12.0. The quantitative estimate of drug-likeness (QED) is 0.857. The molecule has 2 rings (SSSR count). The normalized spacial score (nSPS) is 12.0. The number of aromatic nitrogens is 2. The number of rotatable bonds is 6. The second-order valence-corrected chi connectivity index (χ2v) is 5.67. The van der Waals surface area contributed by atoms with Gasteiger partial charge in [0.2, 0.25) is 0 Å². The van der Waals surface area contributed by atoms with Crippen LogP contribution in [0.2, 0.25) is 10.0 Å². The molecule has 0 saturated carbocycles. The third-order valence-corrected chi connectivity index (χ3v) is 3.73. The van der Waals surface area contributed by atoms with Gasteiger partial charge in [-0.3, -0.25) is 4.79 Å². The van der Waals surface area contributed by atoms with Crippen molar-refractivity contribution in [2.24, 2.45) is 0 Å². The highest BCUT2D eigenvalue weighted by Gasteiger charge is 2.12. The Kier molecular flexibility index (Phi) is 5.69. The number of carbonyl (C=O) groups excluding carboxylic acids is 1. The van der Waals surface area contributed by atoms with Gasteiger partial charge in [-0.25, -0.2) is 4.68 Å². The molecule has 7 heteroatoms. The standard InChI is InChI=1S/C15H17Cl2N3O2/c1-3-10(2)20-14(6-7-18-20)19-15(21)9-22-13-5-4-11(16)8-12(13)17/h4-8,10H,3,9H2,1-2H3,(H,19,21)/t10-/m0/s1. The van der Waals surface area contributed by atoms with Gasteiger partial charge in [-0.1, -0.05) is 30.1 Å². The fourth-order valence-corrected chi connectivity index (χ4v) is 2.31. The summed E-state index contributed by atoms with van der Waals surface area (Å²) >= 11 is 11.8. The Balaban J connectivity index is 1.95. The van der Waals surface area contributed by atoms with E-state index in [1.807, 2.05) is 6.92 Å². The number of halogens is 2. The van der Waals surface area contributed by atoms with Gasteiger partial charge in [0.25, 0.3) is 5.91 Å². The van der Waals surface area contributed by atoms with Crippen LogP contribution in [0.1, 0.15) is 26.3 Å². The Morgan fingerprint density at radius 1 is 1.41 bits per heavy atom. The molecule has 0 aliphatic carbocycles. The smallest absolute Gasteiger partial charge is 0.263 e. The number of ether oxygens (including phenoxy) is 1. The predicted octanol–water partition coefficient (Wildman–Crippen LogP) is 4.18. The van der Waals surface area contributed by atoms with Gasteiger partial charge in [0.15, 0.2) is 6.61 Å². The van der Waals surface area contributed by atoms with Gasteiger partial charge < -0.3 is 10.1 Å². The molecule has 0 aliphatic heterocycles. The Morgan fingerprint density at radius 3 is 2.86 bits per heavy atom. The van der Waals surface area contributed by atoms with Crippen LogP contribution >= 0.6 is 23.2 Å². The predicted molar refractivity (Wildman–Crippen MR) is 87.8 cm³/mol. The minimum atomic E-state index is -0.281. The summed E-state index contributed by atoms with van der Waals surface area (Å²) in [5.74, 6) is 0.776. The van der Waals surface area contributed by atoms with Crippen LogP contribution in [-0.2, 0) is 4.79 Å². The molecule has 1 heterocycles. The summed E-state index contributed by atoms with van der Waals surface area (Å²) in [7, 11) is 0. The zero-order valence-corrected chi connectivity index (χ0v) is 13.9. The summed E-state index contributed by atoms with van der Waals surface area (Å²) in [6, 6.07) is 6.80. The van der Waals surface area contributed by atoms with Crippen LogP contribution in [0.5, 0.6) is 5.75 Å². The molecule has 1 atom stereocenters. The zero-order valence-electron chi connectivity index (χ0n) is 12.3. The van der Waals surface area contributed by atoms with Gasteiger partial charge in [-0.05, 0) is 31.5 Å². The first-order chi connectivity index (χ1) is 10.5. The Morgan fingerprint density at radius 2 is 2.18 bits per heavy atom. The number of carbonyl (C=O) groups is 1. The SMILES string of the molecule is CC[C@H](C)n1nccc1NC(=O)COc1ccc(Cl)cc1Cl. The van der Waals surface area contributed by atoms with Crippen molar-refractivity contribution in [3.05, 3.63) is 40.5 Å². The number of hydrogen-bond donors (Lipinski definition) is 1. The van der Waals surface area contributed by atoms with Gasteiger partial charge in [0, 0.05) is 11.1 Å². The second-order valence-electron chi connectivity index (χ2n) is 4.83. The van der Waals surface area contributed by atoms with Crippen molar-refractivity contribution in [1.29, 1.82) is 0 Å². The third-order valence-electron chi connectivity index (χ3n) is 3.20. The monoisotopic (exact) mass is 341 g/mol. The average Bonchev–Trinajstić information content (AvgIpc) is 2.93. The maximum atomic E-state index is 12.0. The van der Waals surface area contributed by atoms with Crippen LogP contribution in [0.25, 0.3) is 0 Å². The molecule has 0 bridgehead atoms. The lowest BCUT2D eigenvalue weighted by molar-refractivity contribution is -0.118. The minimum absolute atomic E-state index is 0.146. The second kappa shape index (κ2) is 7.51. The molecule has 0 spiro atoms. The van der Waals surface area contributed by atoms with Crippen molar-refractivity contribution in [1.82, 2.24) is 9.78 Å². The van der Waals surface area contributed by atoms with E-state index in [4.69, 9.17) is 27.9 Å². The molecule has 1 amide bonds. The number of benzene rings is 1. The van der Waals surface area contributed by atoms with Gasteiger partial charge in [-0.2, -0.15) is 5.10 Å². The highest BCUT2D eigenvalue weighted by Crippen LogP contribution is 2.27. The van der Waals surface area contributed by atoms with Crippen LogP contribution in [0.4, 0.5) is 5.82 Å². The third kappa shape index (κ3) is 4.15. The number of nitrogens with one attached hydrogen (secondary N) is 1. The highest BCUT2D eigenvalue weighted by molar-refractivity contribution is 6.35. The first-order valence-corrected chi connectivity index (χ1v) is 7.68. The zero-order chi connectivity index (χ0) is 16.1. The summed E-state index contributed by atoms with van der Waals surface area (Å²) < 4.78 is 7.17. The fourth-order valence-electron chi connectivity index (χ4n) is 1.85. The molecule has 1 aromatic heterocycles. The van der Waals surface area contributed by atoms with Gasteiger partial charge >= 0.3 is 0 Å². The molecule has 0 unspecified atom stereocenters. The topological polar surface area (TPSA) is 56.2 Å². The first kappa shape index (κ1) is 16.6. The lowest BCUT2D eigenvalue weighted by atomic mass is 10.3. The van der Waals surface area contributed by atoms with Crippen LogP contribution < -0.4 is 10.1 Å². The Hall–Kier alpha value is -1.72. The number of hydrogen-bond acceptors (Lipinski definition) is 3. The lowest BCUT2D eigenvalue weighted by Crippen LogP contribution is -2.23. The van der Waals surface area contributed by atoms with Crippen LogP contribution in [0, 0.1) is 0 Å². The van der Waals surface area contributed by atoms with Crippen molar-refractivity contribution in [3.63, 3.8) is 0 Å². The molecule has 0 radical (unpaired) electrons. The molecule has 1 N–H and O–H groups in total. The summed E-state index contributed by atoms with van der Waals surface area (Å²) in [5.41, 5.74) is 0. The minimum Gasteiger partial charge on any atom is -0.482 e. The number of anilines is 1. The van der Waals surface area contributed by atoms with E-state index in [9.17, 15) is 4.79 Å². The number of amides is 1. The molecule has 22 heavy (non-hydrogen) atoms. The van der Waals surface area contributed by atoms with E-state index >= 15 is 0 Å². The Bertz CT molecular complexity index is 658. The van der Waals surface area contributed by atoms with Crippen molar-refractivity contribution < 1.29 is 9.53 Å². The first-order valence-electron chi connectivity index (χ1n) is 6.92. The average molecular weight is 342 g/mol. The molecule has 2 aromatic rings. The van der Waals surface area contributed by atoms with E-state index in [1.54, 1.807) is 35.1 Å². The van der Waals surface area contributed by atoms with E-state index < -0.39 is 0 Å². The summed E-state index contributed by atoms with van der Waals surface area (Å²) in [5, 5.41) is 7.86. The van der Waals surface area contributed by atoms with E-state index in [0.717, 1.165) is 6.42 Å². The van der Waals surface area contributed by atoms with Gasteiger partial charge in [0.05, 0.1) is 17.3 Å². The summed E-state index contributed by atoms with van der Waals surface area (Å²) in [6.45, 7) is 3.95. The highest BCUT2D eigenvalue weighted by atomic mass is 35.5. The molecule has 5 nitrogen and oxygen atoms in total. The largest absolute Gasteiger partial charge is 0.482 e. The summed E-state index contributed by atoms with van der Waals surface area (Å²) in [6.07, 6.45) is 2.57. The molecule has 1 aromatic carbocycles. The molecular formula is C15H17Cl2N3O2. The fraction of sp³-hybridized carbons (Fsp3) is 0.333. The van der Waals surface area contributed by atoms with Crippen molar-refractivity contribution >= 4 is 34.9 Å². The van der Waals surface area contributed by atoms with E-state index in [-0.39, 0.29) is 18.6 Å². The van der Waals surface area contributed by atoms with Crippen molar-refractivity contribution in [3.8, 4) is 5.75 Å². The van der Waals surface area contributed by atoms with Gasteiger partial charge in [0.1, 0.15) is 11.6 Å². The van der Waals surface area contributed by atoms with Crippen LogP contribution in [0.3, 0.4) is 0 Å². The molecular weight excluding hydrogens is 325 g/mol. The van der Waals surface area contributed by atoms with Gasteiger partial charge in [-0.15, -0.1) is 0 Å². The van der Waals surface area contributed by atoms with E-state index in [0.29, 0.717) is 21.6 Å². The number of nitrogens with zero attached hydrogens (tertiary/aromatic N) is 2. The summed E-state index contributed by atoms with van der Waals surface area (Å²) in [4.78, 5) is 12.0. The lowest BCUT2D eigenvalue weighted by Gasteiger charge is -2.14. The van der Waals surface area contributed by atoms with Crippen molar-refractivity contribution in [2.45, 2.75) is 26.3 Å². The molecule has 0 saturated heterocycles. The van der Waals surface area contributed by atoms with Crippen LogP contribution in [0.15, 0.2) is 30.5 Å². The maximum Gasteiger partial charge on any atom is 0.263 e. The Labute approximate surface area is 139 Å². The van der Waals surface area contributed by atoms with E-state index in [1.165, 1.54) is 0 Å². The van der Waals surface area contributed by atoms with Crippen molar-refractivity contribution in [2.75, 3.05) is 11.9 Å². The molecule has 0 aliphatic rings. The molecule has 118 valence electrons.